The minimum absolute atomic E-state index is 0.219. The van der Waals surface area contributed by atoms with Gasteiger partial charge in [0.25, 0.3) is 0 Å². The zero-order chi connectivity index (χ0) is 10.5. The van der Waals surface area contributed by atoms with Gasteiger partial charge in [-0.25, -0.2) is 4.98 Å². The third kappa shape index (κ3) is 2.61. The van der Waals surface area contributed by atoms with Gasteiger partial charge in [-0.3, -0.25) is 4.98 Å². The second-order valence-corrected chi connectivity index (χ2v) is 4.04. The molecule has 0 aliphatic carbocycles. The molecule has 2 heterocycles. The summed E-state index contributed by atoms with van der Waals surface area (Å²) in [6.07, 6.45) is 3.37. The van der Waals surface area contributed by atoms with Crippen molar-refractivity contribution in [3.63, 3.8) is 0 Å². The lowest BCUT2D eigenvalue weighted by molar-refractivity contribution is 0.288. The number of aliphatic hydroxyl groups is 1. The van der Waals surface area contributed by atoms with E-state index in [-0.39, 0.29) is 6.61 Å². The van der Waals surface area contributed by atoms with Crippen LogP contribution in [0.15, 0.2) is 29.8 Å². The van der Waals surface area contributed by atoms with Crippen LogP contribution in [0.25, 0.3) is 10.7 Å². The van der Waals surface area contributed by atoms with E-state index in [2.05, 4.69) is 9.97 Å². The van der Waals surface area contributed by atoms with Gasteiger partial charge in [0.1, 0.15) is 5.01 Å². The zero-order valence-corrected chi connectivity index (χ0v) is 9.07. The van der Waals surface area contributed by atoms with Gasteiger partial charge in [0.2, 0.25) is 0 Å². The largest absolute Gasteiger partial charge is 0.396 e. The van der Waals surface area contributed by atoms with Crippen LogP contribution < -0.4 is 0 Å². The van der Waals surface area contributed by atoms with E-state index >= 15 is 0 Å². The van der Waals surface area contributed by atoms with Gasteiger partial charge in [-0.1, -0.05) is 6.07 Å². The quantitative estimate of drug-likeness (QED) is 0.858. The first kappa shape index (κ1) is 10.3. The molecule has 2 aromatic rings. The molecular weight excluding hydrogens is 208 g/mol. The number of thiazole rings is 1. The molecule has 0 atom stereocenters. The number of hydrogen-bond donors (Lipinski definition) is 1. The number of nitrogens with zero attached hydrogens (tertiary/aromatic N) is 2. The van der Waals surface area contributed by atoms with Gasteiger partial charge in [0, 0.05) is 18.2 Å². The summed E-state index contributed by atoms with van der Waals surface area (Å²) in [5.74, 6) is 0. The lowest BCUT2D eigenvalue weighted by atomic mass is 10.3. The molecule has 0 saturated heterocycles. The van der Waals surface area contributed by atoms with Gasteiger partial charge >= 0.3 is 0 Å². The standard InChI is InChI=1S/C11H12N2OS/c14-7-3-4-9-8-15-11(13-9)10-5-1-2-6-12-10/h1-2,5-6,8,14H,3-4,7H2. The fraction of sp³-hybridized carbons (Fsp3) is 0.273. The zero-order valence-electron chi connectivity index (χ0n) is 8.26. The molecule has 0 fully saturated rings. The van der Waals surface area contributed by atoms with E-state index in [9.17, 15) is 0 Å². The average Bonchev–Trinajstić information content (AvgIpc) is 2.76. The molecule has 0 unspecified atom stereocenters. The van der Waals surface area contributed by atoms with Crippen molar-refractivity contribution in [1.82, 2.24) is 9.97 Å². The summed E-state index contributed by atoms with van der Waals surface area (Å²) in [5.41, 5.74) is 1.95. The van der Waals surface area contributed by atoms with Crippen molar-refractivity contribution >= 4 is 11.3 Å². The predicted octanol–water partition coefficient (Wildman–Crippen LogP) is 2.13. The van der Waals surface area contributed by atoms with E-state index in [4.69, 9.17) is 5.11 Å². The van der Waals surface area contributed by atoms with Crippen LogP contribution in [0.2, 0.25) is 0 Å². The smallest absolute Gasteiger partial charge is 0.142 e. The Morgan fingerprint density at radius 3 is 3.00 bits per heavy atom. The number of aryl methyl sites for hydroxylation is 1. The van der Waals surface area contributed by atoms with Crippen LogP contribution in [-0.2, 0) is 6.42 Å². The molecule has 3 nitrogen and oxygen atoms in total. The van der Waals surface area contributed by atoms with Crippen LogP contribution in [0.3, 0.4) is 0 Å². The number of aliphatic hydroxyl groups excluding tert-OH is 1. The molecule has 0 aliphatic heterocycles. The van der Waals surface area contributed by atoms with Gasteiger partial charge in [-0.05, 0) is 25.0 Å². The van der Waals surface area contributed by atoms with E-state index in [1.807, 2.05) is 23.6 Å². The predicted molar refractivity (Wildman–Crippen MR) is 60.8 cm³/mol. The van der Waals surface area contributed by atoms with Gasteiger partial charge in [0.15, 0.2) is 0 Å². The van der Waals surface area contributed by atoms with Crippen LogP contribution >= 0.6 is 11.3 Å². The molecule has 4 heteroatoms. The van der Waals surface area contributed by atoms with Crippen molar-refractivity contribution in [2.45, 2.75) is 12.8 Å². The summed E-state index contributed by atoms with van der Waals surface area (Å²) >= 11 is 1.60. The Kier molecular flexibility index (Phi) is 3.42. The molecule has 0 saturated carbocycles. The van der Waals surface area contributed by atoms with E-state index in [1.165, 1.54) is 0 Å². The van der Waals surface area contributed by atoms with Crippen LogP contribution in [-0.4, -0.2) is 21.7 Å². The number of pyridine rings is 1. The van der Waals surface area contributed by atoms with E-state index in [0.717, 1.165) is 29.2 Å². The lowest BCUT2D eigenvalue weighted by Crippen LogP contribution is -1.89. The number of aromatic nitrogens is 2. The average molecular weight is 220 g/mol. The highest BCUT2D eigenvalue weighted by molar-refractivity contribution is 7.13. The topological polar surface area (TPSA) is 46.0 Å². The minimum Gasteiger partial charge on any atom is -0.396 e. The maximum atomic E-state index is 8.71. The number of rotatable bonds is 4. The van der Waals surface area contributed by atoms with Crippen LogP contribution in [0.1, 0.15) is 12.1 Å². The third-order valence-electron chi connectivity index (χ3n) is 2.03. The third-order valence-corrected chi connectivity index (χ3v) is 2.94. The normalized spacial score (nSPS) is 10.5. The molecule has 2 rings (SSSR count). The van der Waals surface area contributed by atoms with Gasteiger partial charge in [-0.15, -0.1) is 11.3 Å². The Hall–Kier alpha value is -1.26. The molecular formula is C11H12N2OS. The van der Waals surface area contributed by atoms with Gasteiger partial charge < -0.3 is 5.11 Å². The highest BCUT2D eigenvalue weighted by Gasteiger charge is 2.04. The lowest BCUT2D eigenvalue weighted by Gasteiger charge is -1.93. The first-order valence-corrected chi connectivity index (χ1v) is 5.75. The summed E-state index contributed by atoms with van der Waals surface area (Å²) < 4.78 is 0. The van der Waals surface area contributed by atoms with E-state index < -0.39 is 0 Å². The Labute approximate surface area is 92.5 Å². The molecule has 0 aromatic carbocycles. The Morgan fingerprint density at radius 2 is 2.27 bits per heavy atom. The molecule has 0 spiro atoms. The Bertz CT molecular complexity index is 414. The summed E-state index contributed by atoms with van der Waals surface area (Å²) in [4.78, 5) is 8.70. The molecule has 0 amide bonds. The monoisotopic (exact) mass is 220 g/mol. The highest BCUT2D eigenvalue weighted by Crippen LogP contribution is 2.21. The molecule has 0 bridgehead atoms. The Morgan fingerprint density at radius 1 is 1.33 bits per heavy atom. The highest BCUT2D eigenvalue weighted by atomic mass is 32.1. The molecule has 0 radical (unpaired) electrons. The fourth-order valence-corrected chi connectivity index (χ4v) is 2.12. The second-order valence-electron chi connectivity index (χ2n) is 3.19. The Balaban J connectivity index is 2.14. The SMILES string of the molecule is OCCCc1csc(-c2ccccn2)n1. The van der Waals surface area contributed by atoms with Crippen LogP contribution in [0.5, 0.6) is 0 Å². The summed E-state index contributed by atoms with van der Waals surface area (Å²) in [6.45, 7) is 0.219. The molecule has 15 heavy (non-hydrogen) atoms. The van der Waals surface area contributed by atoms with Crippen molar-refractivity contribution in [3.8, 4) is 10.7 Å². The van der Waals surface area contributed by atoms with Crippen molar-refractivity contribution in [1.29, 1.82) is 0 Å². The van der Waals surface area contributed by atoms with Crippen LogP contribution in [0.4, 0.5) is 0 Å². The van der Waals surface area contributed by atoms with E-state index in [0.29, 0.717) is 0 Å². The van der Waals surface area contributed by atoms with Crippen molar-refractivity contribution in [2.75, 3.05) is 6.61 Å². The van der Waals surface area contributed by atoms with Crippen LogP contribution in [0, 0.1) is 0 Å². The summed E-state index contributed by atoms with van der Waals surface area (Å²) in [5, 5.41) is 11.7. The van der Waals surface area contributed by atoms with Gasteiger partial charge in [-0.2, -0.15) is 0 Å². The first-order chi connectivity index (χ1) is 7.40. The fourth-order valence-electron chi connectivity index (χ4n) is 1.29. The molecule has 2 aromatic heterocycles. The minimum atomic E-state index is 0.219. The number of hydrogen-bond acceptors (Lipinski definition) is 4. The van der Waals surface area contributed by atoms with Crippen molar-refractivity contribution < 1.29 is 5.11 Å². The summed E-state index contributed by atoms with van der Waals surface area (Å²) in [7, 11) is 0. The van der Waals surface area contributed by atoms with Crippen molar-refractivity contribution in [2.24, 2.45) is 0 Å². The molecule has 1 N–H and O–H groups in total. The van der Waals surface area contributed by atoms with Gasteiger partial charge in [0.05, 0.1) is 11.4 Å². The molecule has 0 aliphatic rings. The summed E-state index contributed by atoms with van der Waals surface area (Å²) in [6, 6.07) is 5.80. The van der Waals surface area contributed by atoms with Crippen molar-refractivity contribution in [3.05, 3.63) is 35.5 Å². The first-order valence-electron chi connectivity index (χ1n) is 4.87. The maximum absolute atomic E-state index is 8.71. The van der Waals surface area contributed by atoms with E-state index in [1.54, 1.807) is 17.5 Å². The maximum Gasteiger partial charge on any atom is 0.142 e. The second kappa shape index (κ2) is 5.00. The molecule has 78 valence electrons.